The molecule has 4 aromatic rings. The van der Waals surface area contributed by atoms with Gasteiger partial charge in [0.2, 0.25) is 0 Å². The van der Waals surface area contributed by atoms with Gasteiger partial charge < -0.3 is 24.8 Å². The predicted molar refractivity (Wildman–Crippen MR) is 225 cm³/mol. The number of carbonyl (C=O) groups is 1. The summed E-state index contributed by atoms with van der Waals surface area (Å²) in [6, 6.07) is 11.6. The standard InChI is InChI=1S/C38H53F4N7O8SSi2/c1-43-37(50)35-34-32(48(46-35)24-53-15-17-59(3,4)5)21-30(28-20-29(39)33(19-27(28)22-38(40,41)42)55-25-54-16-18-60(6,7)8)45-36(34)44-23-26-11-9-10-12-31(26)47(2)58(51,52)49-13-14-56-57-49/h9-12,19-21H,13-18,22-25H2,1-8H3,(H,43,50)(H,44,45). The number of hydrogen-bond donors (Lipinski definition) is 2. The zero-order valence-electron chi connectivity index (χ0n) is 35.0. The third-order valence-corrected chi connectivity index (χ3v) is 14.4. The van der Waals surface area contributed by atoms with E-state index in [4.69, 9.17) is 29.1 Å². The minimum atomic E-state index is -4.70. The molecule has 2 aromatic carbocycles. The summed E-state index contributed by atoms with van der Waals surface area (Å²) < 4.78 is 105. The molecule has 22 heteroatoms. The van der Waals surface area contributed by atoms with Crippen molar-refractivity contribution in [3.63, 3.8) is 0 Å². The highest BCUT2D eigenvalue weighted by Gasteiger charge is 2.34. The Labute approximate surface area is 349 Å². The van der Waals surface area contributed by atoms with Crippen molar-refractivity contribution in [2.75, 3.05) is 56.9 Å². The van der Waals surface area contributed by atoms with E-state index < -0.39 is 56.4 Å². The first-order chi connectivity index (χ1) is 28.1. The Kier molecular flexibility index (Phi) is 15.1. The molecule has 0 unspecified atom stereocenters. The topological polar surface area (TPSA) is 159 Å². The van der Waals surface area contributed by atoms with Crippen LogP contribution in [0.1, 0.15) is 21.6 Å². The molecule has 1 amide bonds. The van der Waals surface area contributed by atoms with E-state index in [0.717, 1.165) is 28.5 Å². The Balaban J connectivity index is 1.62. The van der Waals surface area contributed by atoms with Crippen LogP contribution in [0.2, 0.25) is 51.4 Å². The molecule has 3 heterocycles. The molecule has 0 radical (unpaired) electrons. The van der Waals surface area contributed by atoms with E-state index in [1.807, 2.05) is 0 Å². The number of nitrogens with one attached hydrogen (secondary N) is 2. The first-order valence-electron chi connectivity index (χ1n) is 19.3. The second kappa shape index (κ2) is 19.3. The number of amides is 1. The summed E-state index contributed by atoms with van der Waals surface area (Å²) >= 11 is 0. The van der Waals surface area contributed by atoms with Crippen LogP contribution in [-0.4, -0.2) is 103 Å². The van der Waals surface area contributed by atoms with E-state index in [1.165, 1.54) is 24.8 Å². The number of fused-ring (bicyclic) bond motifs is 1. The number of alkyl halides is 3. The Hall–Kier alpha value is -4.17. The number of aromatic nitrogens is 3. The number of hydroxylamine groups is 1. The van der Waals surface area contributed by atoms with E-state index >= 15 is 4.39 Å². The van der Waals surface area contributed by atoms with E-state index in [9.17, 15) is 26.4 Å². The molecular formula is C38H53F4N7O8SSi2. The molecule has 0 spiro atoms. The van der Waals surface area contributed by atoms with Crippen LogP contribution in [0.25, 0.3) is 22.2 Å². The highest BCUT2D eigenvalue weighted by Crippen LogP contribution is 2.38. The van der Waals surface area contributed by atoms with Crippen molar-refractivity contribution in [2.24, 2.45) is 0 Å². The zero-order valence-corrected chi connectivity index (χ0v) is 37.9. The Bertz CT molecular complexity index is 2250. The summed E-state index contributed by atoms with van der Waals surface area (Å²) in [5, 5.41) is 10.5. The highest BCUT2D eigenvalue weighted by atomic mass is 32.2. The number of rotatable bonds is 20. The lowest BCUT2D eigenvalue weighted by Gasteiger charge is -2.25. The number of anilines is 2. The molecule has 0 saturated carbocycles. The lowest BCUT2D eigenvalue weighted by molar-refractivity contribution is -0.337. The molecule has 2 aromatic heterocycles. The number of pyridine rings is 1. The van der Waals surface area contributed by atoms with Crippen molar-refractivity contribution in [1.82, 2.24) is 24.5 Å². The quantitative estimate of drug-likeness (QED) is 0.0305. The smallest absolute Gasteiger partial charge is 0.393 e. The van der Waals surface area contributed by atoms with Crippen LogP contribution in [0.4, 0.5) is 29.1 Å². The Morgan fingerprint density at radius 3 is 2.32 bits per heavy atom. The van der Waals surface area contributed by atoms with Crippen molar-refractivity contribution in [1.29, 1.82) is 0 Å². The van der Waals surface area contributed by atoms with Gasteiger partial charge in [0.1, 0.15) is 19.2 Å². The maximum absolute atomic E-state index is 15.8. The van der Waals surface area contributed by atoms with Crippen molar-refractivity contribution in [3.05, 3.63) is 65.1 Å². The summed E-state index contributed by atoms with van der Waals surface area (Å²) in [4.78, 5) is 27.7. The largest absolute Gasteiger partial charge is 0.464 e. The number of hydrogen-bond acceptors (Lipinski definition) is 11. The monoisotopic (exact) mass is 899 g/mol. The van der Waals surface area contributed by atoms with Crippen molar-refractivity contribution < 1.29 is 54.9 Å². The van der Waals surface area contributed by atoms with Gasteiger partial charge in [0, 0.05) is 55.6 Å². The molecule has 0 atom stereocenters. The van der Waals surface area contributed by atoms with Crippen LogP contribution in [0.3, 0.4) is 0 Å². The molecule has 2 N–H and O–H groups in total. The molecular weight excluding hydrogens is 847 g/mol. The fourth-order valence-electron chi connectivity index (χ4n) is 6.02. The second-order valence-electron chi connectivity index (χ2n) is 16.6. The van der Waals surface area contributed by atoms with Gasteiger partial charge in [-0.15, -0.1) is 4.99 Å². The molecule has 15 nitrogen and oxygen atoms in total. The minimum Gasteiger partial charge on any atom is -0.464 e. The van der Waals surface area contributed by atoms with Gasteiger partial charge in [-0.25, -0.2) is 18.9 Å². The number of nitrogens with zero attached hydrogens (tertiary/aromatic N) is 5. The number of para-hydroxylation sites is 1. The van der Waals surface area contributed by atoms with Gasteiger partial charge in [-0.1, -0.05) is 57.5 Å². The molecule has 1 aliphatic heterocycles. The van der Waals surface area contributed by atoms with E-state index in [0.29, 0.717) is 23.2 Å². The van der Waals surface area contributed by atoms with Crippen molar-refractivity contribution >= 4 is 54.7 Å². The third-order valence-electron chi connectivity index (χ3n) is 9.38. The van der Waals surface area contributed by atoms with Crippen LogP contribution in [0.5, 0.6) is 5.75 Å². The molecule has 5 rings (SSSR count). The fourth-order valence-corrected chi connectivity index (χ4v) is 8.66. The van der Waals surface area contributed by atoms with Gasteiger partial charge in [-0.3, -0.25) is 9.10 Å². The van der Waals surface area contributed by atoms with Gasteiger partial charge in [0.05, 0.1) is 35.2 Å². The van der Waals surface area contributed by atoms with Crippen molar-refractivity contribution in [3.8, 4) is 17.0 Å². The average molecular weight is 900 g/mol. The van der Waals surface area contributed by atoms with Gasteiger partial charge in [0.25, 0.3) is 5.91 Å². The van der Waals surface area contributed by atoms with Crippen LogP contribution >= 0.6 is 0 Å². The summed E-state index contributed by atoms with van der Waals surface area (Å²) in [6.45, 7) is 13.2. The van der Waals surface area contributed by atoms with E-state index in [1.54, 1.807) is 24.3 Å². The SMILES string of the molecule is CNC(=O)c1nn(COCC[Si](C)(C)C)c2cc(-c3cc(F)c(OCOCC[Si](C)(C)C)cc3CC(F)(F)F)nc(NCc3ccccc3N(C)S(=O)(=O)N3CCOO3)c12. The number of carbonyl (C=O) groups excluding carboxylic acids is 1. The Morgan fingerprint density at radius 2 is 1.68 bits per heavy atom. The molecule has 1 aliphatic rings. The number of halogens is 4. The average Bonchev–Trinajstić information content (AvgIpc) is 3.84. The summed E-state index contributed by atoms with van der Waals surface area (Å²) in [7, 11) is -4.39. The number of ether oxygens (including phenoxy) is 3. The predicted octanol–water partition coefficient (Wildman–Crippen LogP) is 7.18. The van der Waals surface area contributed by atoms with E-state index in [-0.39, 0.29) is 78.1 Å². The fraction of sp³-hybridized carbons (Fsp3) is 0.500. The maximum atomic E-state index is 15.8. The molecule has 330 valence electrons. The van der Waals surface area contributed by atoms with Crippen molar-refractivity contribution in [2.45, 2.75) is 77.2 Å². The van der Waals surface area contributed by atoms with Crippen LogP contribution in [0, 0.1) is 5.82 Å². The van der Waals surface area contributed by atoms with Gasteiger partial charge in [0.15, 0.2) is 24.1 Å². The van der Waals surface area contributed by atoms with E-state index in [2.05, 4.69) is 55.0 Å². The minimum absolute atomic E-state index is 0.000491. The first kappa shape index (κ1) is 46.9. The molecule has 1 fully saturated rings. The Morgan fingerprint density at radius 1 is 1.00 bits per heavy atom. The molecule has 1 saturated heterocycles. The highest BCUT2D eigenvalue weighted by molar-refractivity contribution is 7.90. The van der Waals surface area contributed by atoms with Gasteiger partial charge in [-0.05, 0) is 51.9 Å². The van der Waals surface area contributed by atoms with Crippen LogP contribution < -0.4 is 19.7 Å². The normalized spacial score (nSPS) is 14.2. The summed E-state index contributed by atoms with van der Waals surface area (Å²) in [6.07, 6.45) is -6.15. The lowest BCUT2D eigenvalue weighted by atomic mass is 9.99. The lowest BCUT2D eigenvalue weighted by Crippen LogP contribution is -2.40. The third kappa shape index (κ3) is 12.2. The summed E-state index contributed by atoms with van der Waals surface area (Å²) in [5.41, 5.74) is 0.296. The molecule has 0 aliphatic carbocycles. The second-order valence-corrected chi connectivity index (χ2v) is 29.7. The summed E-state index contributed by atoms with van der Waals surface area (Å²) in [5.74, 6) is -1.95. The maximum Gasteiger partial charge on any atom is 0.393 e. The van der Waals surface area contributed by atoms with Gasteiger partial charge in [-0.2, -0.15) is 26.7 Å². The van der Waals surface area contributed by atoms with Gasteiger partial charge >= 0.3 is 16.4 Å². The molecule has 0 bridgehead atoms. The number of benzene rings is 2. The van der Waals surface area contributed by atoms with Crippen LogP contribution in [-0.2, 0) is 49.3 Å². The van der Waals surface area contributed by atoms with Crippen LogP contribution in [0.15, 0.2) is 42.5 Å². The zero-order chi connectivity index (χ0) is 44.0. The molecule has 60 heavy (non-hydrogen) atoms. The first-order valence-corrected chi connectivity index (χ1v) is 28.1.